The second kappa shape index (κ2) is 13.4. The molecule has 3 N–H and O–H groups in total. The Hall–Kier alpha value is -3.35. The number of esters is 1. The van der Waals surface area contributed by atoms with Gasteiger partial charge in [0.2, 0.25) is 11.8 Å². The first-order valence-corrected chi connectivity index (χ1v) is 13.1. The second-order valence-corrected chi connectivity index (χ2v) is 11.5. The number of nitrogens with zero attached hydrogens (tertiary/aromatic N) is 2. The molecule has 0 saturated carbocycles. The Morgan fingerprint density at radius 1 is 1.18 bits per heavy atom. The molecule has 38 heavy (non-hydrogen) atoms. The molecule has 1 aromatic rings. The molecule has 0 fully saturated rings. The average Bonchev–Trinajstić information content (AvgIpc) is 2.84. The number of nitro groups is 1. The lowest BCUT2D eigenvalue weighted by molar-refractivity contribution is -0.385. The monoisotopic (exact) mass is 554 g/mol. The third kappa shape index (κ3) is 8.89. The summed E-state index contributed by atoms with van der Waals surface area (Å²) >= 11 is 1.08. The predicted octanol–water partition coefficient (Wildman–Crippen LogP) is 2.94. The number of nitrogens with one attached hydrogen (secondary N) is 1. The smallest absolute Gasteiger partial charge is 0.408 e. The topological polar surface area (TPSA) is 171 Å². The number of carbonyl (C=O) groups is 4. The molecule has 212 valence electrons. The van der Waals surface area contributed by atoms with Gasteiger partial charge in [0.25, 0.3) is 5.69 Å². The van der Waals surface area contributed by atoms with E-state index in [-0.39, 0.29) is 24.4 Å². The highest BCUT2D eigenvalue weighted by Crippen LogP contribution is 2.33. The zero-order valence-corrected chi connectivity index (χ0v) is 24.0. The minimum absolute atomic E-state index is 0.0588. The van der Waals surface area contributed by atoms with Gasteiger partial charge in [-0.15, -0.1) is 11.8 Å². The van der Waals surface area contributed by atoms with Crippen LogP contribution in [-0.4, -0.2) is 69.0 Å². The number of fused-ring (bicyclic) bond motifs is 1. The van der Waals surface area contributed by atoms with Gasteiger partial charge in [-0.05, 0) is 45.7 Å². The van der Waals surface area contributed by atoms with E-state index in [4.69, 9.17) is 10.5 Å². The molecule has 0 radical (unpaired) electrons. The van der Waals surface area contributed by atoms with Crippen molar-refractivity contribution in [1.29, 1.82) is 0 Å². The first-order valence-electron chi connectivity index (χ1n) is 12.1. The average molecular weight is 555 g/mol. The number of amides is 3. The molecule has 0 spiro atoms. The summed E-state index contributed by atoms with van der Waals surface area (Å²) < 4.78 is 8.95. The molecule has 2 atom stereocenters. The van der Waals surface area contributed by atoms with Crippen LogP contribution in [0.25, 0.3) is 0 Å². The molecule has 2 rings (SSSR count). The zero-order valence-electron chi connectivity index (χ0n) is 23.2. The van der Waals surface area contributed by atoms with E-state index in [1.54, 1.807) is 34.6 Å². The van der Waals surface area contributed by atoms with Gasteiger partial charge in [0.15, 0.2) is 0 Å². The number of benzene rings is 1. The van der Waals surface area contributed by atoms with Crippen LogP contribution in [0.4, 0.5) is 10.5 Å². The molecule has 3 amide bonds. The molecule has 2 unspecified atom stereocenters. The molecule has 1 aliphatic rings. The van der Waals surface area contributed by atoms with Gasteiger partial charge >= 0.3 is 12.1 Å². The quantitative estimate of drug-likeness (QED) is 0.278. The Kier molecular flexibility index (Phi) is 11.6. The van der Waals surface area contributed by atoms with Crippen LogP contribution in [0.2, 0.25) is 0 Å². The van der Waals surface area contributed by atoms with Crippen molar-refractivity contribution in [2.24, 2.45) is 5.73 Å². The first-order chi connectivity index (χ1) is 17.6. The van der Waals surface area contributed by atoms with Crippen LogP contribution in [0.3, 0.4) is 0 Å². The fraction of sp³-hybridized carbons (Fsp3) is 0.600. The maximum atomic E-state index is 13.9. The molecule has 1 heterocycles. The summed E-state index contributed by atoms with van der Waals surface area (Å²) in [7, 11) is 1.24. The lowest BCUT2D eigenvalue weighted by Crippen LogP contribution is -2.62. The zero-order chi connectivity index (χ0) is 29.4. The number of primary amides is 1. The molecular weight excluding hydrogens is 516 g/mol. The summed E-state index contributed by atoms with van der Waals surface area (Å²) in [6, 6.07) is 1.92. The number of alkyl carbamates (subject to hydrolysis) is 1. The molecule has 13 heteroatoms. The fourth-order valence-electron chi connectivity index (χ4n) is 3.68. The molecule has 0 bridgehead atoms. The van der Waals surface area contributed by atoms with Crippen molar-refractivity contribution in [3.05, 3.63) is 39.4 Å². The van der Waals surface area contributed by atoms with Crippen molar-refractivity contribution >= 4 is 41.3 Å². The van der Waals surface area contributed by atoms with Crippen molar-refractivity contribution in [1.82, 2.24) is 10.2 Å². The number of carbonyl (C=O) groups excluding carboxylic acids is 4. The Balaban J connectivity index is 0.00000352. The number of nitrogens with two attached hydrogens (primary N) is 1. The summed E-state index contributed by atoms with van der Waals surface area (Å²) in [6.07, 6.45) is -0.806. The summed E-state index contributed by atoms with van der Waals surface area (Å²) in [5, 5.41) is 13.8. The first kappa shape index (κ1) is 32.7. The second-order valence-electron chi connectivity index (χ2n) is 9.85. The van der Waals surface area contributed by atoms with Gasteiger partial charge in [-0.1, -0.05) is 19.9 Å². The number of methoxy groups -OCH3 is 1. The van der Waals surface area contributed by atoms with Gasteiger partial charge in [0, 0.05) is 29.8 Å². The Morgan fingerprint density at radius 2 is 1.79 bits per heavy atom. The Bertz CT molecular complexity index is 1050. The van der Waals surface area contributed by atoms with Gasteiger partial charge in [0.05, 0.1) is 17.8 Å². The van der Waals surface area contributed by atoms with Crippen LogP contribution >= 0.6 is 11.8 Å². The van der Waals surface area contributed by atoms with Gasteiger partial charge < -0.3 is 25.4 Å². The minimum Gasteiger partial charge on any atom is -0.468 e. The van der Waals surface area contributed by atoms with Crippen molar-refractivity contribution < 1.29 is 33.6 Å². The maximum Gasteiger partial charge on any atom is 0.408 e. The Morgan fingerprint density at radius 3 is 2.29 bits per heavy atom. The Labute approximate surface area is 227 Å². The lowest BCUT2D eigenvalue weighted by atomic mass is 9.91. The third-order valence-electron chi connectivity index (χ3n) is 5.54. The normalized spacial score (nSPS) is 15.7. The van der Waals surface area contributed by atoms with Crippen molar-refractivity contribution in [2.75, 3.05) is 12.9 Å². The summed E-state index contributed by atoms with van der Waals surface area (Å²) in [4.78, 5) is 62.5. The summed E-state index contributed by atoms with van der Waals surface area (Å²) in [5.74, 6) is -2.03. The van der Waals surface area contributed by atoms with E-state index in [2.05, 4.69) is 10.1 Å². The van der Waals surface area contributed by atoms with E-state index in [0.29, 0.717) is 11.1 Å². The van der Waals surface area contributed by atoms with E-state index in [1.807, 2.05) is 13.8 Å². The molecule has 12 nitrogen and oxygen atoms in total. The van der Waals surface area contributed by atoms with Gasteiger partial charge in [-0.2, -0.15) is 0 Å². The fourth-order valence-corrected chi connectivity index (χ4v) is 4.62. The summed E-state index contributed by atoms with van der Waals surface area (Å²) in [5.41, 5.74) is 5.77. The van der Waals surface area contributed by atoms with Crippen molar-refractivity contribution in [3.8, 4) is 0 Å². The number of thioether (sulfide) groups is 1. The summed E-state index contributed by atoms with van der Waals surface area (Å²) in [6.45, 7) is 12.2. The molecule has 1 aromatic carbocycles. The molecule has 0 aromatic heterocycles. The molecule has 0 saturated heterocycles. The third-order valence-corrected chi connectivity index (χ3v) is 6.90. The highest BCUT2D eigenvalue weighted by molar-refractivity contribution is 8.01. The maximum absolute atomic E-state index is 13.9. The van der Waals surface area contributed by atoms with E-state index in [1.165, 1.54) is 30.2 Å². The molecule has 1 aliphatic heterocycles. The SMILES string of the molecule is CC.COC(=O)CSC(C)(C)C(NC(=O)OC(C)(C)C)C(=O)N1Cc2cc([N+](=O)[O-])ccc2CC1C(N)=O. The minimum atomic E-state index is -1.25. The number of non-ortho nitro benzene ring substituents is 1. The van der Waals surface area contributed by atoms with Crippen LogP contribution in [0.1, 0.15) is 59.6 Å². The molecule has 0 aliphatic carbocycles. The van der Waals surface area contributed by atoms with E-state index < -0.39 is 51.2 Å². The largest absolute Gasteiger partial charge is 0.468 e. The number of rotatable bonds is 8. The van der Waals surface area contributed by atoms with Crippen LogP contribution in [-0.2, 0) is 36.8 Å². The van der Waals surface area contributed by atoms with Crippen LogP contribution < -0.4 is 11.1 Å². The lowest BCUT2D eigenvalue weighted by Gasteiger charge is -2.41. The van der Waals surface area contributed by atoms with Gasteiger partial charge in [-0.25, -0.2) is 4.79 Å². The van der Waals surface area contributed by atoms with E-state index >= 15 is 0 Å². The van der Waals surface area contributed by atoms with Crippen LogP contribution in [0, 0.1) is 10.1 Å². The van der Waals surface area contributed by atoms with E-state index in [0.717, 1.165) is 11.8 Å². The van der Waals surface area contributed by atoms with Gasteiger partial charge in [-0.3, -0.25) is 24.5 Å². The predicted molar refractivity (Wildman–Crippen MR) is 143 cm³/mol. The van der Waals surface area contributed by atoms with Crippen molar-refractivity contribution in [2.45, 2.75) is 83.9 Å². The van der Waals surface area contributed by atoms with Crippen LogP contribution in [0.5, 0.6) is 0 Å². The highest BCUT2D eigenvalue weighted by Gasteiger charge is 2.44. The highest BCUT2D eigenvalue weighted by atomic mass is 32.2. The van der Waals surface area contributed by atoms with Crippen molar-refractivity contribution in [3.63, 3.8) is 0 Å². The van der Waals surface area contributed by atoms with E-state index in [9.17, 15) is 29.3 Å². The molecular formula is C25H38N4O8S. The van der Waals surface area contributed by atoms with Gasteiger partial charge in [0.1, 0.15) is 17.7 Å². The number of hydrogen-bond acceptors (Lipinski definition) is 9. The number of nitro benzene ring substituents is 1. The van der Waals surface area contributed by atoms with Crippen LogP contribution in [0.15, 0.2) is 18.2 Å². The number of hydrogen-bond donors (Lipinski definition) is 2. The standard InChI is InChI=1S/C23H32N4O8S.C2H6/c1-22(2,3)35-21(31)25-18(23(4,5)36-12-17(28)34-6)20(30)26-11-14-9-15(27(32)33)8-7-13(14)10-16(26)19(24)29;1-2/h7-9,16,18H,10-12H2,1-6H3,(H2,24,29)(H,25,31);1-2H3. The number of ether oxygens (including phenoxy) is 2.